The first-order valence-corrected chi connectivity index (χ1v) is 6.75. The Kier molecular flexibility index (Phi) is 3.36. The van der Waals surface area contributed by atoms with E-state index in [0.717, 1.165) is 31.0 Å². The van der Waals surface area contributed by atoms with Gasteiger partial charge in [-0.2, -0.15) is 0 Å². The summed E-state index contributed by atoms with van der Waals surface area (Å²) in [6, 6.07) is 6.18. The number of aryl methyl sites for hydroxylation is 1. The van der Waals surface area contributed by atoms with Gasteiger partial charge in [0.15, 0.2) is 0 Å². The second kappa shape index (κ2) is 5.15. The van der Waals surface area contributed by atoms with E-state index in [-0.39, 0.29) is 6.04 Å². The van der Waals surface area contributed by atoms with Crippen LogP contribution in [0.15, 0.2) is 30.6 Å². The van der Waals surface area contributed by atoms with E-state index >= 15 is 0 Å². The Hall–Kier alpha value is -1.65. The summed E-state index contributed by atoms with van der Waals surface area (Å²) in [5.74, 6) is 0.931. The highest BCUT2D eigenvalue weighted by Gasteiger charge is 2.18. The van der Waals surface area contributed by atoms with Gasteiger partial charge >= 0.3 is 0 Å². The highest BCUT2D eigenvalue weighted by molar-refractivity contribution is 5.36. The Bertz CT molecular complexity index is 577. The fraction of sp³-hybridized carbons (Fsp3) is 0.400. The molecule has 0 radical (unpaired) electrons. The molecule has 100 valence electrons. The van der Waals surface area contributed by atoms with Crippen LogP contribution in [0.25, 0.3) is 0 Å². The summed E-state index contributed by atoms with van der Waals surface area (Å²) >= 11 is 0. The zero-order chi connectivity index (χ0) is 13.2. The van der Waals surface area contributed by atoms with Crippen LogP contribution in [0.4, 0.5) is 0 Å². The van der Waals surface area contributed by atoms with Crippen LogP contribution in [0, 0.1) is 0 Å². The highest BCUT2D eigenvalue weighted by Crippen LogP contribution is 2.25. The van der Waals surface area contributed by atoms with Crippen molar-refractivity contribution in [2.75, 3.05) is 0 Å². The smallest absolute Gasteiger partial charge is 0.130 e. The molecule has 0 fully saturated rings. The fourth-order valence-corrected chi connectivity index (χ4v) is 2.56. The quantitative estimate of drug-likeness (QED) is 0.915. The van der Waals surface area contributed by atoms with Crippen LogP contribution >= 0.6 is 0 Å². The average molecular weight is 257 g/mol. The lowest BCUT2D eigenvalue weighted by Crippen LogP contribution is -2.18. The van der Waals surface area contributed by atoms with E-state index in [1.165, 1.54) is 11.1 Å². The maximum absolute atomic E-state index is 6.36. The Labute approximate surface area is 113 Å². The van der Waals surface area contributed by atoms with Gasteiger partial charge in [-0.1, -0.05) is 25.1 Å². The molecule has 1 aliphatic rings. The van der Waals surface area contributed by atoms with Crippen molar-refractivity contribution in [3.05, 3.63) is 53.1 Å². The lowest BCUT2D eigenvalue weighted by molar-refractivity contribution is 0.134. The first-order valence-electron chi connectivity index (χ1n) is 6.75. The van der Waals surface area contributed by atoms with Crippen LogP contribution in [-0.2, 0) is 24.5 Å². The molecule has 1 aliphatic heterocycles. The van der Waals surface area contributed by atoms with Gasteiger partial charge in [-0.25, -0.2) is 4.98 Å². The van der Waals surface area contributed by atoms with Crippen LogP contribution in [0.2, 0.25) is 0 Å². The van der Waals surface area contributed by atoms with Crippen molar-refractivity contribution in [1.82, 2.24) is 9.55 Å². The molecule has 1 atom stereocenters. The van der Waals surface area contributed by atoms with Gasteiger partial charge in [-0.15, -0.1) is 0 Å². The van der Waals surface area contributed by atoms with Gasteiger partial charge in [-0.05, 0) is 23.1 Å². The van der Waals surface area contributed by atoms with Gasteiger partial charge in [0, 0.05) is 18.9 Å². The number of ether oxygens (including phenoxy) is 1. The van der Waals surface area contributed by atoms with Crippen molar-refractivity contribution in [2.24, 2.45) is 5.73 Å². The molecule has 4 heteroatoms. The summed E-state index contributed by atoms with van der Waals surface area (Å²) in [4.78, 5) is 4.41. The zero-order valence-electron chi connectivity index (χ0n) is 11.2. The first-order chi connectivity index (χ1) is 9.29. The third-order valence-electron chi connectivity index (χ3n) is 3.59. The van der Waals surface area contributed by atoms with Crippen LogP contribution in [0.3, 0.4) is 0 Å². The minimum atomic E-state index is -0.174. The molecule has 0 saturated heterocycles. The first kappa shape index (κ1) is 12.4. The maximum Gasteiger partial charge on any atom is 0.130 e. The number of benzene rings is 1. The molecule has 4 nitrogen and oxygen atoms in total. The number of imidazole rings is 1. The minimum Gasteiger partial charge on any atom is -0.372 e. The van der Waals surface area contributed by atoms with E-state index < -0.39 is 0 Å². The molecular formula is C15H19N3O. The number of nitrogens with zero attached hydrogens (tertiary/aromatic N) is 2. The third kappa shape index (κ3) is 2.29. The largest absolute Gasteiger partial charge is 0.372 e. The molecule has 2 heterocycles. The lowest BCUT2D eigenvalue weighted by Gasteiger charge is -2.15. The van der Waals surface area contributed by atoms with Gasteiger partial charge < -0.3 is 15.0 Å². The predicted molar refractivity (Wildman–Crippen MR) is 73.5 cm³/mol. The van der Waals surface area contributed by atoms with E-state index in [1.54, 1.807) is 0 Å². The molecule has 0 saturated carbocycles. The molecule has 1 aromatic heterocycles. The fourth-order valence-electron chi connectivity index (χ4n) is 2.56. The van der Waals surface area contributed by atoms with Gasteiger partial charge in [0.25, 0.3) is 0 Å². The van der Waals surface area contributed by atoms with Crippen LogP contribution in [0.5, 0.6) is 0 Å². The van der Waals surface area contributed by atoms with Crippen molar-refractivity contribution >= 4 is 0 Å². The second-order valence-electron chi connectivity index (χ2n) is 4.98. The summed E-state index contributed by atoms with van der Waals surface area (Å²) in [6.45, 7) is 4.52. The monoisotopic (exact) mass is 257 g/mol. The van der Waals surface area contributed by atoms with E-state index in [1.807, 2.05) is 12.4 Å². The zero-order valence-corrected chi connectivity index (χ0v) is 11.2. The topological polar surface area (TPSA) is 53.1 Å². The molecule has 2 N–H and O–H groups in total. The molecule has 0 aliphatic carbocycles. The Balaban J connectivity index is 1.90. The predicted octanol–water partition coefficient (Wildman–Crippen LogP) is 2.37. The van der Waals surface area contributed by atoms with Crippen LogP contribution in [0.1, 0.15) is 41.9 Å². The molecular weight excluding hydrogens is 238 g/mol. The third-order valence-corrected chi connectivity index (χ3v) is 3.59. The van der Waals surface area contributed by atoms with Gasteiger partial charge in [-0.3, -0.25) is 0 Å². The van der Waals surface area contributed by atoms with Gasteiger partial charge in [0.1, 0.15) is 5.82 Å². The molecule has 0 spiro atoms. The standard InChI is InChI=1S/C15H19N3O/c1-2-6-18-7-5-17-15(18)14(16)11-3-4-12-9-19-10-13(12)8-11/h3-5,7-8,14H,2,6,9-10,16H2,1H3. The van der Waals surface area contributed by atoms with E-state index in [9.17, 15) is 0 Å². The molecule has 0 bridgehead atoms. The summed E-state index contributed by atoms with van der Waals surface area (Å²) < 4.78 is 7.57. The second-order valence-corrected chi connectivity index (χ2v) is 4.98. The number of nitrogens with two attached hydrogens (primary N) is 1. The normalized spacial score (nSPS) is 15.5. The molecule has 0 amide bonds. The van der Waals surface area contributed by atoms with E-state index in [2.05, 4.69) is 34.7 Å². The van der Waals surface area contributed by atoms with Crippen LogP contribution < -0.4 is 5.73 Å². The molecule has 1 unspecified atom stereocenters. The van der Waals surface area contributed by atoms with E-state index in [4.69, 9.17) is 10.5 Å². The Morgan fingerprint density at radius 2 is 2.21 bits per heavy atom. The number of rotatable bonds is 4. The number of hydrogen-bond donors (Lipinski definition) is 1. The van der Waals surface area contributed by atoms with E-state index in [0.29, 0.717) is 6.61 Å². The van der Waals surface area contributed by atoms with Crippen molar-refractivity contribution in [1.29, 1.82) is 0 Å². The summed E-state index contributed by atoms with van der Waals surface area (Å²) in [6.07, 6.45) is 4.89. The summed E-state index contributed by atoms with van der Waals surface area (Å²) in [5.41, 5.74) is 9.99. The number of aromatic nitrogens is 2. The lowest BCUT2D eigenvalue weighted by atomic mass is 10.0. The summed E-state index contributed by atoms with van der Waals surface area (Å²) in [5, 5.41) is 0. The van der Waals surface area contributed by atoms with Crippen molar-refractivity contribution in [3.8, 4) is 0 Å². The SMILES string of the molecule is CCCn1ccnc1C(N)c1ccc2c(c1)COC2. The highest BCUT2D eigenvalue weighted by atomic mass is 16.5. The molecule has 3 rings (SSSR count). The number of fused-ring (bicyclic) bond motifs is 1. The van der Waals surface area contributed by atoms with Crippen molar-refractivity contribution < 1.29 is 4.74 Å². The van der Waals surface area contributed by atoms with Crippen molar-refractivity contribution in [3.63, 3.8) is 0 Å². The average Bonchev–Trinajstić information content (AvgIpc) is 3.05. The van der Waals surface area contributed by atoms with Crippen LogP contribution in [-0.4, -0.2) is 9.55 Å². The molecule has 19 heavy (non-hydrogen) atoms. The van der Waals surface area contributed by atoms with Crippen molar-refractivity contribution in [2.45, 2.75) is 39.1 Å². The Morgan fingerprint density at radius 3 is 3.05 bits per heavy atom. The molecule has 1 aromatic carbocycles. The number of hydrogen-bond acceptors (Lipinski definition) is 3. The minimum absolute atomic E-state index is 0.174. The Morgan fingerprint density at radius 1 is 1.37 bits per heavy atom. The maximum atomic E-state index is 6.36. The summed E-state index contributed by atoms with van der Waals surface area (Å²) in [7, 11) is 0. The van der Waals surface area contributed by atoms with Gasteiger partial charge in [0.2, 0.25) is 0 Å². The van der Waals surface area contributed by atoms with Gasteiger partial charge in [0.05, 0.1) is 19.3 Å². The molecule has 2 aromatic rings.